The molecule has 2 aromatic rings. The molecule has 0 heterocycles. The number of rotatable bonds is 9. The first-order valence-electron chi connectivity index (χ1n) is 8.66. The van der Waals surface area contributed by atoms with Gasteiger partial charge >= 0.3 is 0 Å². The molecule has 0 saturated carbocycles. The van der Waals surface area contributed by atoms with Gasteiger partial charge in [0.15, 0.2) is 0 Å². The van der Waals surface area contributed by atoms with Crippen LogP contribution in [0.15, 0.2) is 42.5 Å². The van der Waals surface area contributed by atoms with Gasteiger partial charge < -0.3 is 19.7 Å². The number of nitrogens with zero attached hydrogens (tertiary/aromatic N) is 1. The molecule has 0 spiro atoms. The topological polar surface area (TPSA) is 67.9 Å². The standard InChI is InChI=1S/C20H22F2N2O4/c1-14(25)24(11-12-28-17-6-4-16(27-2)5-7-17)10-9-20(26)23-19-8-3-15(21)13-18(19)22/h3-8,13H,9-12H2,1-2H3,(H,23,26). The van der Waals surface area contributed by atoms with Crippen LogP contribution in [-0.4, -0.2) is 43.5 Å². The molecule has 0 unspecified atom stereocenters. The van der Waals surface area contributed by atoms with E-state index in [1.165, 1.54) is 11.8 Å². The van der Waals surface area contributed by atoms with Gasteiger partial charge in [-0.1, -0.05) is 0 Å². The molecule has 6 nitrogen and oxygen atoms in total. The van der Waals surface area contributed by atoms with Gasteiger partial charge in [-0.25, -0.2) is 8.78 Å². The summed E-state index contributed by atoms with van der Waals surface area (Å²) in [6, 6.07) is 9.91. The molecule has 2 amide bonds. The number of ether oxygens (including phenoxy) is 2. The first kappa shape index (κ1) is 21.1. The van der Waals surface area contributed by atoms with E-state index >= 15 is 0 Å². The minimum absolute atomic E-state index is 0.0288. The van der Waals surface area contributed by atoms with E-state index < -0.39 is 17.5 Å². The molecule has 0 aromatic heterocycles. The summed E-state index contributed by atoms with van der Waals surface area (Å²) >= 11 is 0. The normalized spacial score (nSPS) is 10.3. The molecule has 0 atom stereocenters. The maximum atomic E-state index is 13.6. The van der Waals surface area contributed by atoms with Gasteiger partial charge in [0, 0.05) is 26.0 Å². The second kappa shape index (κ2) is 10.2. The van der Waals surface area contributed by atoms with E-state index in [4.69, 9.17) is 9.47 Å². The van der Waals surface area contributed by atoms with Crippen molar-refractivity contribution < 1.29 is 27.8 Å². The minimum atomic E-state index is -0.857. The summed E-state index contributed by atoms with van der Waals surface area (Å²) in [6.45, 7) is 2.08. The minimum Gasteiger partial charge on any atom is -0.497 e. The lowest BCUT2D eigenvalue weighted by molar-refractivity contribution is -0.129. The van der Waals surface area contributed by atoms with Crippen LogP contribution in [-0.2, 0) is 9.59 Å². The number of nitrogens with one attached hydrogen (secondary N) is 1. The van der Waals surface area contributed by atoms with Gasteiger partial charge in [-0.2, -0.15) is 0 Å². The van der Waals surface area contributed by atoms with E-state index in [0.29, 0.717) is 24.1 Å². The average Bonchev–Trinajstić information content (AvgIpc) is 2.67. The summed E-state index contributed by atoms with van der Waals surface area (Å²) in [7, 11) is 1.57. The molecule has 0 bridgehead atoms. The Morgan fingerprint density at radius 1 is 1.04 bits per heavy atom. The van der Waals surface area contributed by atoms with Crippen LogP contribution in [0.2, 0.25) is 0 Å². The Morgan fingerprint density at radius 2 is 1.71 bits per heavy atom. The Labute approximate surface area is 162 Å². The van der Waals surface area contributed by atoms with Crippen molar-refractivity contribution in [2.24, 2.45) is 0 Å². The molecule has 2 rings (SSSR count). The SMILES string of the molecule is COc1ccc(OCCN(CCC(=O)Nc2ccc(F)cc2F)C(C)=O)cc1. The summed E-state index contributed by atoms with van der Waals surface area (Å²) < 4.78 is 37.1. The highest BCUT2D eigenvalue weighted by Crippen LogP contribution is 2.17. The second-order valence-electron chi connectivity index (χ2n) is 5.95. The number of anilines is 1. The van der Waals surface area contributed by atoms with Crippen molar-refractivity contribution in [2.45, 2.75) is 13.3 Å². The van der Waals surface area contributed by atoms with Gasteiger partial charge in [0.25, 0.3) is 0 Å². The number of benzene rings is 2. The van der Waals surface area contributed by atoms with Crippen LogP contribution in [0.25, 0.3) is 0 Å². The Kier molecular flexibility index (Phi) is 7.74. The smallest absolute Gasteiger partial charge is 0.226 e. The third kappa shape index (κ3) is 6.53. The van der Waals surface area contributed by atoms with Crippen molar-refractivity contribution in [1.29, 1.82) is 0 Å². The predicted octanol–water partition coefficient (Wildman–Crippen LogP) is 3.23. The van der Waals surface area contributed by atoms with Crippen LogP contribution in [0.4, 0.5) is 14.5 Å². The van der Waals surface area contributed by atoms with Gasteiger partial charge in [-0.05, 0) is 36.4 Å². The molecule has 0 aliphatic carbocycles. The molecule has 8 heteroatoms. The second-order valence-corrected chi connectivity index (χ2v) is 5.95. The van der Waals surface area contributed by atoms with Gasteiger partial charge in [0.2, 0.25) is 11.8 Å². The fraction of sp³-hybridized carbons (Fsp3) is 0.300. The molecular formula is C20H22F2N2O4. The largest absolute Gasteiger partial charge is 0.497 e. The number of amides is 2. The molecule has 0 aliphatic heterocycles. The average molecular weight is 392 g/mol. The zero-order valence-corrected chi connectivity index (χ0v) is 15.7. The van der Waals surface area contributed by atoms with Crippen LogP contribution in [0, 0.1) is 11.6 Å². The zero-order valence-electron chi connectivity index (χ0n) is 15.7. The molecule has 150 valence electrons. The van der Waals surface area contributed by atoms with Crippen molar-refractivity contribution in [1.82, 2.24) is 4.90 Å². The quantitative estimate of drug-likeness (QED) is 0.712. The Hall–Kier alpha value is -3.16. The summed E-state index contributed by atoms with van der Waals surface area (Å²) in [4.78, 5) is 25.2. The number of carbonyl (C=O) groups excluding carboxylic acids is 2. The number of halogens is 2. The van der Waals surface area contributed by atoms with Crippen molar-refractivity contribution in [2.75, 3.05) is 32.1 Å². The molecule has 0 saturated heterocycles. The monoisotopic (exact) mass is 392 g/mol. The van der Waals surface area contributed by atoms with Crippen LogP contribution in [0.1, 0.15) is 13.3 Å². The maximum Gasteiger partial charge on any atom is 0.226 e. The summed E-state index contributed by atoms with van der Waals surface area (Å²) in [5, 5.41) is 2.36. The molecule has 1 N–H and O–H groups in total. The van der Waals surface area contributed by atoms with Gasteiger partial charge in [-0.3, -0.25) is 9.59 Å². The van der Waals surface area contributed by atoms with Crippen LogP contribution in [0.5, 0.6) is 11.5 Å². The maximum absolute atomic E-state index is 13.6. The third-order valence-electron chi connectivity index (χ3n) is 3.95. The molecule has 0 radical (unpaired) electrons. The van der Waals surface area contributed by atoms with Crippen molar-refractivity contribution >= 4 is 17.5 Å². The molecule has 28 heavy (non-hydrogen) atoms. The van der Waals surface area contributed by atoms with Gasteiger partial charge in [-0.15, -0.1) is 0 Å². The summed E-state index contributed by atoms with van der Waals surface area (Å²) in [5.41, 5.74) is -0.108. The number of carbonyl (C=O) groups is 2. The fourth-order valence-electron chi connectivity index (χ4n) is 2.41. The molecular weight excluding hydrogens is 370 g/mol. The number of hydrogen-bond donors (Lipinski definition) is 1. The summed E-state index contributed by atoms with van der Waals surface area (Å²) in [5.74, 6) is -0.929. The lowest BCUT2D eigenvalue weighted by Crippen LogP contribution is -2.35. The Balaban J connectivity index is 1.79. The van der Waals surface area contributed by atoms with Gasteiger partial charge in [0.1, 0.15) is 29.7 Å². The number of hydrogen-bond acceptors (Lipinski definition) is 4. The van der Waals surface area contributed by atoms with E-state index in [9.17, 15) is 18.4 Å². The first-order valence-corrected chi connectivity index (χ1v) is 8.66. The first-order chi connectivity index (χ1) is 13.4. The van der Waals surface area contributed by atoms with E-state index in [0.717, 1.165) is 12.1 Å². The lowest BCUT2D eigenvalue weighted by Gasteiger charge is -2.21. The zero-order chi connectivity index (χ0) is 20.5. The number of methoxy groups -OCH3 is 1. The lowest BCUT2D eigenvalue weighted by atomic mass is 10.2. The van der Waals surface area contributed by atoms with Crippen LogP contribution in [0.3, 0.4) is 0 Å². The van der Waals surface area contributed by atoms with Gasteiger partial charge in [0.05, 0.1) is 19.3 Å². The van der Waals surface area contributed by atoms with E-state index in [2.05, 4.69) is 5.32 Å². The molecule has 0 aliphatic rings. The fourth-order valence-corrected chi connectivity index (χ4v) is 2.41. The van der Waals surface area contributed by atoms with E-state index in [1.54, 1.807) is 31.4 Å². The van der Waals surface area contributed by atoms with E-state index in [-0.39, 0.29) is 31.2 Å². The van der Waals surface area contributed by atoms with Crippen LogP contribution >= 0.6 is 0 Å². The van der Waals surface area contributed by atoms with E-state index in [1.807, 2.05) is 0 Å². The van der Waals surface area contributed by atoms with Crippen molar-refractivity contribution in [3.05, 3.63) is 54.1 Å². The Bertz CT molecular complexity index is 812. The Morgan fingerprint density at radius 3 is 2.32 bits per heavy atom. The molecule has 2 aromatic carbocycles. The predicted molar refractivity (Wildman–Crippen MR) is 100 cm³/mol. The molecule has 0 fully saturated rings. The highest BCUT2D eigenvalue weighted by atomic mass is 19.1. The third-order valence-corrected chi connectivity index (χ3v) is 3.95. The highest BCUT2D eigenvalue weighted by molar-refractivity contribution is 5.91. The van der Waals surface area contributed by atoms with Crippen molar-refractivity contribution in [3.63, 3.8) is 0 Å². The van der Waals surface area contributed by atoms with Crippen LogP contribution < -0.4 is 14.8 Å². The van der Waals surface area contributed by atoms with Crippen molar-refractivity contribution in [3.8, 4) is 11.5 Å². The summed E-state index contributed by atoms with van der Waals surface area (Å²) in [6.07, 6.45) is -0.0288. The highest BCUT2D eigenvalue weighted by Gasteiger charge is 2.13.